The van der Waals surface area contributed by atoms with E-state index in [0.29, 0.717) is 16.0 Å². The lowest BCUT2D eigenvalue weighted by molar-refractivity contribution is -0.114. The van der Waals surface area contributed by atoms with Crippen molar-refractivity contribution in [1.82, 2.24) is 14.4 Å². The van der Waals surface area contributed by atoms with Gasteiger partial charge in [-0.05, 0) is 104 Å². The second kappa shape index (κ2) is 23.0. The summed E-state index contributed by atoms with van der Waals surface area (Å²) in [5.74, 6) is -2.63. The third-order valence-electron chi connectivity index (χ3n) is 11.8. The molecule has 3 heterocycles. The van der Waals surface area contributed by atoms with E-state index in [9.17, 15) is 80.0 Å². The van der Waals surface area contributed by atoms with Gasteiger partial charge in [0.05, 0.1) is 56.0 Å². The van der Waals surface area contributed by atoms with Gasteiger partial charge in [-0.1, -0.05) is 17.4 Å². The molecule has 8 rings (SSSR count). The van der Waals surface area contributed by atoms with Crippen molar-refractivity contribution >= 4 is 157 Å². The van der Waals surface area contributed by atoms with Crippen molar-refractivity contribution in [2.24, 2.45) is 30.7 Å². The SMILES string of the molecule is CC(=O)Nc1c(S(=O)(=O)O)ccc2c1nc1c(C#N)c(C)c(N=Nc3cc(C)c(N=Nc4cc(C)c(N=Nc5nc6c(S(=O)(=O)O)cc7ccc(S(=O)(=O)O)cc7c6s5)cc4SCCCS(=O)(=O)O)cc3OCCCS(=O)(=O)O)c(O)n12. The predicted molar refractivity (Wildman–Crippen MR) is 298 cm³/mol. The fourth-order valence-electron chi connectivity index (χ4n) is 8.04. The molecule has 0 unspecified atom stereocenters. The second-order valence-electron chi connectivity index (χ2n) is 17.7. The van der Waals surface area contributed by atoms with Gasteiger partial charge in [0.15, 0.2) is 11.3 Å². The van der Waals surface area contributed by atoms with Crippen LogP contribution in [0.3, 0.4) is 0 Å². The summed E-state index contributed by atoms with van der Waals surface area (Å²) < 4.78 is 175. The number of anilines is 1. The van der Waals surface area contributed by atoms with Crippen molar-refractivity contribution in [2.45, 2.75) is 60.1 Å². The number of nitrogens with one attached hydrogen (secondary N) is 1. The lowest BCUT2D eigenvalue weighted by Gasteiger charge is -2.12. The summed E-state index contributed by atoms with van der Waals surface area (Å²) in [5.41, 5.74) is -0.283. The molecular weight excluding hydrogens is 1220 g/mol. The van der Waals surface area contributed by atoms with Crippen LogP contribution in [0.1, 0.15) is 42.0 Å². The second-order valence-corrected chi connectivity index (χ2v) is 27.1. The number of benzene rings is 5. The van der Waals surface area contributed by atoms with Gasteiger partial charge < -0.3 is 15.2 Å². The number of amides is 1. The Kier molecular flexibility index (Phi) is 17.0. The number of carbonyl (C=O) groups excluding carboxylic acids is 1. The minimum atomic E-state index is -4.93. The van der Waals surface area contributed by atoms with E-state index >= 15 is 0 Å². The van der Waals surface area contributed by atoms with Crippen molar-refractivity contribution in [3.63, 3.8) is 0 Å². The van der Waals surface area contributed by atoms with Crippen LogP contribution in [0, 0.1) is 32.1 Å². The van der Waals surface area contributed by atoms with Crippen LogP contribution < -0.4 is 10.1 Å². The average Bonchev–Trinajstić information content (AvgIpc) is 3.81. The lowest BCUT2D eigenvalue weighted by Crippen LogP contribution is -2.11. The van der Waals surface area contributed by atoms with Crippen molar-refractivity contribution in [2.75, 3.05) is 29.2 Å². The smallest absolute Gasteiger partial charge is 0.296 e. The molecule has 0 saturated heterocycles. The van der Waals surface area contributed by atoms with E-state index < -0.39 is 94.3 Å². The van der Waals surface area contributed by atoms with Gasteiger partial charge >= 0.3 is 0 Å². The monoisotopic (exact) mass is 1260 g/mol. The van der Waals surface area contributed by atoms with Gasteiger partial charge in [0.1, 0.15) is 43.9 Å². The van der Waals surface area contributed by atoms with Crippen LogP contribution in [-0.4, -0.2) is 114 Å². The summed E-state index contributed by atoms with van der Waals surface area (Å²) in [4.78, 5) is 19.3. The Morgan fingerprint density at radius 3 is 1.98 bits per heavy atom. The van der Waals surface area contributed by atoms with E-state index in [1.165, 1.54) is 37.3 Å². The first kappa shape index (κ1) is 60.6. The van der Waals surface area contributed by atoms with Crippen molar-refractivity contribution in [3.8, 4) is 17.7 Å². The number of nitrogens with zero attached hydrogens (tertiary/aromatic N) is 10. The van der Waals surface area contributed by atoms with Crippen LogP contribution in [-0.2, 0) is 55.4 Å². The number of thioether (sulfide) groups is 1. The standard InChI is InChI=1S/C46H41N11O18S7/c1-22-15-32(53-55-39-24(3)29(21-47)44-49-40-34(57(44)45(39)59)9-10-37(81(69,70)71)41(40)48-25(4)58)35(75-11-5-13-78(60,61)62)19-30(22)51-54-33-16-23(2)31(20-36(33)76-12-6-14-79(63,64)65)52-56-46-50-42-38(82(72,73)74)17-26-7-8-27(80(66,67)68)18-28(26)43(42)77-46/h7-10,15-20,59H,5-6,11-14H2,1-4H3,(H,48,58)(H,60,61,62)(H,63,64,65)(H,66,67,68)(H,69,70,71)(H,72,73,74). The van der Waals surface area contributed by atoms with E-state index in [1.54, 1.807) is 19.9 Å². The Balaban J connectivity index is 1.19. The molecule has 430 valence electrons. The van der Waals surface area contributed by atoms with E-state index in [0.717, 1.165) is 58.7 Å². The number of hydrogen-bond donors (Lipinski definition) is 7. The third kappa shape index (κ3) is 13.5. The Morgan fingerprint density at radius 2 is 1.34 bits per heavy atom. The summed E-state index contributed by atoms with van der Waals surface area (Å²) in [5, 5.41) is 50.6. The van der Waals surface area contributed by atoms with Gasteiger partial charge in [-0.2, -0.15) is 52.5 Å². The number of aromatic nitrogens is 3. The number of nitriles is 1. The summed E-state index contributed by atoms with van der Waals surface area (Å²) in [7, 11) is -23.3. The number of hydrogen-bond acceptors (Lipinski definition) is 24. The fourth-order valence-corrected chi connectivity index (χ4v) is 13.0. The molecule has 8 aromatic rings. The highest BCUT2D eigenvalue weighted by Crippen LogP contribution is 2.45. The van der Waals surface area contributed by atoms with Gasteiger partial charge in [0, 0.05) is 28.8 Å². The maximum Gasteiger partial charge on any atom is 0.296 e. The first-order valence-corrected chi connectivity index (χ1v) is 32.4. The highest BCUT2D eigenvalue weighted by Gasteiger charge is 2.27. The topological polar surface area (TPSA) is 459 Å². The Bertz CT molecular complexity index is 4750. The average molecular weight is 1260 g/mol. The summed E-state index contributed by atoms with van der Waals surface area (Å²) in [6.45, 7) is 5.39. The molecule has 5 aromatic carbocycles. The Labute approximate surface area is 473 Å². The van der Waals surface area contributed by atoms with Crippen LogP contribution in [0.5, 0.6) is 11.6 Å². The molecule has 1 amide bonds. The van der Waals surface area contributed by atoms with Crippen LogP contribution in [0.25, 0.3) is 37.7 Å². The third-order valence-corrected chi connectivity index (χ3v) is 18.1. The van der Waals surface area contributed by atoms with Gasteiger partial charge in [-0.25, -0.2) is 9.97 Å². The zero-order chi connectivity index (χ0) is 60.0. The van der Waals surface area contributed by atoms with Gasteiger partial charge in [0.2, 0.25) is 16.9 Å². The zero-order valence-corrected chi connectivity index (χ0v) is 48.1. The molecule has 0 atom stereocenters. The first-order valence-electron chi connectivity index (χ1n) is 23.1. The molecule has 0 fully saturated rings. The van der Waals surface area contributed by atoms with Gasteiger partial charge in [-0.3, -0.25) is 32.0 Å². The maximum atomic E-state index is 12.5. The number of thiazole rings is 1. The molecule has 0 saturated carbocycles. The number of carbonyl (C=O) groups is 1. The fraction of sp³-hybridized carbons (Fsp3) is 0.217. The molecule has 29 nitrogen and oxygen atoms in total. The first-order chi connectivity index (χ1) is 38.2. The molecule has 36 heteroatoms. The molecule has 0 radical (unpaired) electrons. The molecule has 0 spiro atoms. The van der Waals surface area contributed by atoms with Crippen LogP contribution >= 0.6 is 23.1 Å². The van der Waals surface area contributed by atoms with E-state index in [1.807, 2.05) is 6.07 Å². The van der Waals surface area contributed by atoms with Crippen molar-refractivity contribution in [3.05, 3.63) is 82.9 Å². The number of aryl methyl sites for hydroxylation is 2. The Hall–Kier alpha value is -7.54. The zero-order valence-electron chi connectivity index (χ0n) is 42.4. The highest BCUT2D eigenvalue weighted by molar-refractivity contribution is 7.99. The number of rotatable bonds is 20. The predicted octanol–water partition coefficient (Wildman–Crippen LogP) is 9.72. The van der Waals surface area contributed by atoms with Gasteiger partial charge in [-0.15, -0.1) is 37.3 Å². The molecule has 7 N–H and O–H groups in total. The minimum absolute atomic E-state index is 0.0212. The molecule has 82 heavy (non-hydrogen) atoms. The molecule has 0 aliphatic rings. The number of pyridine rings is 1. The molecule has 0 aliphatic heterocycles. The van der Waals surface area contributed by atoms with E-state index in [-0.39, 0.29) is 113 Å². The quantitative estimate of drug-likeness (QED) is 0.0161. The van der Waals surface area contributed by atoms with Crippen LogP contribution in [0.15, 0.2) is 111 Å². The number of fused-ring (bicyclic) bond motifs is 6. The maximum absolute atomic E-state index is 12.5. The van der Waals surface area contributed by atoms with E-state index in [2.05, 4.69) is 46.0 Å². The number of ether oxygens (including phenoxy) is 1. The molecular formula is C46H41N11O18S7. The molecule has 0 aliphatic carbocycles. The highest BCUT2D eigenvalue weighted by atomic mass is 32.2. The minimum Gasteiger partial charge on any atom is -0.493 e. The van der Waals surface area contributed by atoms with Crippen LogP contribution in [0.4, 0.5) is 39.3 Å². The normalized spacial score (nSPS) is 13.0. The summed E-state index contributed by atoms with van der Waals surface area (Å²) >= 11 is 1.88. The van der Waals surface area contributed by atoms with Gasteiger partial charge in [0.25, 0.3) is 50.6 Å². The Morgan fingerprint density at radius 1 is 0.720 bits per heavy atom. The van der Waals surface area contributed by atoms with E-state index in [4.69, 9.17) is 4.74 Å². The molecule has 0 bridgehead atoms. The van der Waals surface area contributed by atoms with Crippen LogP contribution in [0.2, 0.25) is 0 Å². The summed E-state index contributed by atoms with van der Waals surface area (Å²) in [6.07, 6.45) is -0.233. The number of imidazole rings is 1. The number of aromatic hydroxyl groups is 1. The van der Waals surface area contributed by atoms with Crippen molar-refractivity contribution < 1.29 is 79.5 Å². The number of azo groups is 3. The lowest BCUT2D eigenvalue weighted by atomic mass is 10.1. The summed E-state index contributed by atoms with van der Waals surface area (Å²) in [6, 6.07) is 14.4. The van der Waals surface area contributed by atoms with Crippen molar-refractivity contribution in [1.29, 1.82) is 5.26 Å². The molecule has 3 aromatic heterocycles. The largest absolute Gasteiger partial charge is 0.493 e.